The fourth-order valence-corrected chi connectivity index (χ4v) is 2.22. The maximum atomic E-state index is 11.1. The van der Waals surface area contributed by atoms with Crippen molar-refractivity contribution in [3.63, 3.8) is 0 Å². The second kappa shape index (κ2) is 4.37. The molecule has 0 spiro atoms. The molecule has 2 aromatic heterocycles. The first-order chi connectivity index (χ1) is 8.79. The van der Waals surface area contributed by atoms with Crippen molar-refractivity contribution in [3.05, 3.63) is 36.3 Å². The van der Waals surface area contributed by atoms with Gasteiger partial charge in [-0.15, -0.1) is 0 Å². The van der Waals surface area contributed by atoms with Crippen molar-refractivity contribution in [2.45, 2.75) is 25.8 Å². The van der Waals surface area contributed by atoms with Crippen molar-refractivity contribution in [3.8, 4) is 11.3 Å². The number of hydrogen-bond donors (Lipinski definition) is 0. The van der Waals surface area contributed by atoms with Crippen molar-refractivity contribution in [2.24, 2.45) is 5.92 Å². The number of rotatable bonds is 4. The first-order valence-corrected chi connectivity index (χ1v) is 6.24. The predicted octanol–water partition coefficient (Wildman–Crippen LogP) is 2.73. The third-order valence-electron chi connectivity index (χ3n) is 3.54. The van der Waals surface area contributed by atoms with Crippen LogP contribution in [0.1, 0.15) is 36.2 Å². The fourth-order valence-electron chi connectivity index (χ4n) is 2.22. The van der Waals surface area contributed by atoms with Crippen LogP contribution in [0, 0.1) is 5.92 Å². The maximum absolute atomic E-state index is 11.1. The maximum Gasteiger partial charge on any atom is 0.153 e. The second-order valence-electron chi connectivity index (χ2n) is 4.85. The summed E-state index contributed by atoms with van der Waals surface area (Å²) in [6.45, 7) is 2.16. The minimum absolute atomic E-state index is 0.370. The Bertz CT molecular complexity index is 558. The van der Waals surface area contributed by atoms with Crippen LogP contribution in [0.3, 0.4) is 0 Å². The SMILES string of the molecule is CC(C1CC1)n1cc(C=O)c(-c2cccnc2)n1. The van der Waals surface area contributed by atoms with Gasteiger partial charge in [-0.05, 0) is 37.8 Å². The van der Waals surface area contributed by atoms with Crippen molar-refractivity contribution < 1.29 is 4.79 Å². The molecule has 0 N–H and O–H groups in total. The summed E-state index contributed by atoms with van der Waals surface area (Å²) in [5.74, 6) is 0.714. The third kappa shape index (κ3) is 1.94. The van der Waals surface area contributed by atoms with E-state index in [0.29, 0.717) is 17.5 Å². The van der Waals surface area contributed by atoms with Gasteiger partial charge in [0.1, 0.15) is 5.69 Å². The van der Waals surface area contributed by atoms with E-state index in [0.717, 1.165) is 17.5 Å². The quantitative estimate of drug-likeness (QED) is 0.773. The summed E-state index contributed by atoms with van der Waals surface area (Å²) >= 11 is 0. The molecule has 0 saturated heterocycles. The Balaban J connectivity index is 2.01. The molecule has 1 unspecified atom stereocenters. The molecule has 1 aliphatic rings. The van der Waals surface area contributed by atoms with Crippen LogP contribution in [0.5, 0.6) is 0 Å². The number of pyridine rings is 1. The summed E-state index contributed by atoms with van der Waals surface area (Å²) in [6.07, 6.45) is 8.69. The van der Waals surface area contributed by atoms with Crippen molar-refractivity contribution >= 4 is 6.29 Å². The van der Waals surface area contributed by atoms with Crippen molar-refractivity contribution in [2.75, 3.05) is 0 Å². The van der Waals surface area contributed by atoms with Crippen LogP contribution in [0.2, 0.25) is 0 Å². The van der Waals surface area contributed by atoms with Gasteiger partial charge >= 0.3 is 0 Å². The van der Waals surface area contributed by atoms with Gasteiger partial charge in [-0.3, -0.25) is 14.5 Å². The van der Waals surface area contributed by atoms with Crippen LogP contribution in [0.4, 0.5) is 0 Å². The highest BCUT2D eigenvalue weighted by Crippen LogP contribution is 2.39. The molecule has 18 heavy (non-hydrogen) atoms. The molecule has 2 heterocycles. The van der Waals surface area contributed by atoms with E-state index >= 15 is 0 Å². The third-order valence-corrected chi connectivity index (χ3v) is 3.54. The Morgan fingerprint density at radius 2 is 2.33 bits per heavy atom. The van der Waals surface area contributed by atoms with Crippen LogP contribution >= 0.6 is 0 Å². The highest BCUT2D eigenvalue weighted by atomic mass is 16.1. The molecule has 0 aromatic carbocycles. The van der Waals surface area contributed by atoms with E-state index in [9.17, 15) is 4.79 Å². The average molecular weight is 241 g/mol. The highest BCUT2D eigenvalue weighted by molar-refractivity contribution is 5.85. The van der Waals surface area contributed by atoms with Gasteiger partial charge in [0.15, 0.2) is 6.29 Å². The molecule has 1 aliphatic carbocycles. The minimum Gasteiger partial charge on any atom is -0.298 e. The second-order valence-corrected chi connectivity index (χ2v) is 4.85. The van der Waals surface area contributed by atoms with Gasteiger partial charge in [0.2, 0.25) is 0 Å². The molecule has 3 rings (SSSR count). The lowest BCUT2D eigenvalue weighted by Gasteiger charge is -2.09. The highest BCUT2D eigenvalue weighted by Gasteiger charge is 2.30. The molecule has 1 fully saturated rings. The van der Waals surface area contributed by atoms with E-state index in [2.05, 4.69) is 17.0 Å². The zero-order valence-electron chi connectivity index (χ0n) is 10.3. The Morgan fingerprint density at radius 3 is 2.94 bits per heavy atom. The monoisotopic (exact) mass is 241 g/mol. The van der Waals surface area contributed by atoms with Crippen LogP contribution < -0.4 is 0 Å². The number of aldehydes is 1. The van der Waals surface area contributed by atoms with Gasteiger partial charge in [-0.25, -0.2) is 0 Å². The normalized spacial score (nSPS) is 16.5. The van der Waals surface area contributed by atoms with E-state index < -0.39 is 0 Å². The summed E-state index contributed by atoms with van der Waals surface area (Å²) in [4.78, 5) is 15.2. The number of hydrogen-bond acceptors (Lipinski definition) is 3. The van der Waals surface area contributed by atoms with E-state index in [-0.39, 0.29) is 0 Å². The summed E-state index contributed by atoms with van der Waals surface area (Å²) < 4.78 is 1.92. The summed E-state index contributed by atoms with van der Waals surface area (Å²) in [5, 5.41) is 4.56. The predicted molar refractivity (Wildman–Crippen MR) is 68.3 cm³/mol. The van der Waals surface area contributed by atoms with Crippen LogP contribution in [0.15, 0.2) is 30.7 Å². The molecule has 1 saturated carbocycles. The van der Waals surface area contributed by atoms with Crippen LogP contribution in [0.25, 0.3) is 11.3 Å². The molecule has 92 valence electrons. The lowest BCUT2D eigenvalue weighted by Crippen LogP contribution is -2.07. The zero-order valence-corrected chi connectivity index (χ0v) is 10.3. The molecule has 2 aromatic rings. The number of carbonyl (C=O) groups excluding carboxylic acids is 1. The molecule has 0 aliphatic heterocycles. The van der Waals surface area contributed by atoms with Crippen molar-refractivity contribution in [1.82, 2.24) is 14.8 Å². The first kappa shape index (κ1) is 11.1. The molecular weight excluding hydrogens is 226 g/mol. The Labute approximate surface area is 106 Å². The van der Waals surface area contributed by atoms with Gasteiger partial charge in [0, 0.05) is 24.2 Å². The molecule has 4 heteroatoms. The largest absolute Gasteiger partial charge is 0.298 e. The Hall–Kier alpha value is -1.97. The molecule has 0 radical (unpaired) electrons. The van der Waals surface area contributed by atoms with E-state index in [1.54, 1.807) is 12.4 Å². The van der Waals surface area contributed by atoms with Crippen LogP contribution in [-0.4, -0.2) is 21.1 Å². The van der Waals surface area contributed by atoms with E-state index in [1.165, 1.54) is 12.8 Å². The zero-order chi connectivity index (χ0) is 12.5. The Kier molecular flexibility index (Phi) is 2.70. The van der Waals surface area contributed by atoms with E-state index in [1.807, 2.05) is 23.0 Å². The molecular formula is C14H15N3O. The van der Waals surface area contributed by atoms with Gasteiger partial charge < -0.3 is 0 Å². The topological polar surface area (TPSA) is 47.8 Å². The fraction of sp³-hybridized carbons (Fsp3) is 0.357. The van der Waals surface area contributed by atoms with Gasteiger partial charge in [0.05, 0.1) is 11.6 Å². The van der Waals surface area contributed by atoms with Crippen molar-refractivity contribution in [1.29, 1.82) is 0 Å². The standard InChI is InChI=1S/C14H15N3O/c1-10(11-4-5-11)17-8-13(9-18)14(16-17)12-3-2-6-15-7-12/h2-3,6-11H,4-5H2,1H3. The van der Waals surface area contributed by atoms with Gasteiger partial charge in [-0.2, -0.15) is 5.10 Å². The first-order valence-electron chi connectivity index (χ1n) is 6.24. The number of aromatic nitrogens is 3. The minimum atomic E-state index is 0.370. The summed E-state index contributed by atoms with van der Waals surface area (Å²) in [7, 11) is 0. The average Bonchev–Trinajstić information content (AvgIpc) is 3.17. The molecule has 1 atom stereocenters. The molecule has 4 nitrogen and oxygen atoms in total. The van der Waals surface area contributed by atoms with E-state index in [4.69, 9.17) is 0 Å². The Morgan fingerprint density at radius 1 is 1.50 bits per heavy atom. The molecule has 0 amide bonds. The lowest BCUT2D eigenvalue weighted by atomic mass is 10.1. The number of carbonyl (C=O) groups is 1. The molecule has 0 bridgehead atoms. The lowest BCUT2D eigenvalue weighted by molar-refractivity contribution is 0.112. The number of nitrogens with zero attached hydrogens (tertiary/aromatic N) is 3. The van der Waals surface area contributed by atoms with Gasteiger partial charge in [0.25, 0.3) is 0 Å². The smallest absolute Gasteiger partial charge is 0.153 e. The summed E-state index contributed by atoms with van der Waals surface area (Å²) in [6, 6.07) is 4.15. The van der Waals surface area contributed by atoms with Gasteiger partial charge in [-0.1, -0.05) is 0 Å². The summed E-state index contributed by atoms with van der Waals surface area (Å²) in [5.41, 5.74) is 2.25. The van der Waals surface area contributed by atoms with Crippen LogP contribution in [-0.2, 0) is 0 Å².